The maximum Gasteiger partial charge on any atom is 0.296 e. The first kappa shape index (κ1) is 30.4. The molecule has 0 atom stereocenters. The van der Waals surface area contributed by atoms with Crippen LogP contribution in [0.15, 0.2) is 89.7 Å². The van der Waals surface area contributed by atoms with E-state index in [0.29, 0.717) is 12.1 Å². The molecule has 0 amide bonds. The maximum atomic E-state index is 12.0. The number of hydrogen-bond donors (Lipinski definition) is 6. The molecule has 4 rings (SSSR count). The second-order valence-corrected chi connectivity index (χ2v) is 12.8. The maximum absolute atomic E-state index is 12.0. The molecule has 4 aromatic carbocycles. The number of hydrogen-bond acceptors (Lipinski definition) is 13. The van der Waals surface area contributed by atoms with Gasteiger partial charge in [0.2, 0.25) is 0 Å². The van der Waals surface area contributed by atoms with Gasteiger partial charge in [-0.2, -0.15) is 30.4 Å². The van der Waals surface area contributed by atoms with Crippen LogP contribution in [0.2, 0.25) is 0 Å². The van der Waals surface area contributed by atoms with Crippen LogP contribution >= 0.6 is 0 Å². The van der Waals surface area contributed by atoms with E-state index in [0.717, 1.165) is 18.2 Å². The van der Waals surface area contributed by atoms with Crippen molar-refractivity contribution in [3.8, 4) is 11.5 Å². The molecule has 0 aliphatic carbocycles. The Morgan fingerprint density at radius 3 is 1.88 bits per heavy atom. The van der Waals surface area contributed by atoms with Crippen molar-refractivity contribution >= 4 is 69.6 Å². The predicted octanol–water partition coefficient (Wildman–Crippen LogP) is 4.71. The Bertz CT molecular complexity index is 2160. The highest BCUT2D eigenvalue weighted by atomic mass is 32.2. The summed E-state index contributed by atoms with van der Waals surface area (Å²) in [5.41, 5.74) is 4.57. The number of aryl methyl sites for hydroxylation is 1. The average molecular weight is 638 g/mol. The van der Waals surface area contributed by atoms with E-state index in [2.05, 4.69) is 20.5 Å². The third-order valence-electron chi connectivity index (χ3n) is 5.68. The number of benzene rings is 4. The molecule has 0 fully saturated rings. The Kier molecular flexibility index (Phi) is 7.76. The van der Waals surface area contributed by atoms with Crippen molar-refractivity contribution in [1.29, 1.82) is 0 Å². The Morgan fingerprint density at radius 2 is 1.26 bits per heavy atom. The molecule has 220 valence electrons. The molecule has 0 aromatic heterocycles. The van der Waals surface area contributed by atoms with Crippen molar-refractivity contribution in [3.05, 3.63) is 60.2 Å². The van der Waals surface area contributed by atoms with Gasteiger partial charge >= 0.3 is 0 Å². The van der Waals surface area contributed by atoms with E-state index < -0.39 is 67.9 Å². The van der Waals surface area contributed by atoms with Gasteiger partial charge in [0.05, 0.1) is 10.6 Å². The number of anilines is 1. The zero-order valence-corrected chi connectivity index (χ0v) is 23.4. The number of azo groups is 2. The lowest BCUT2D eigenvalue weighted by molar-refractivity contribution is 0.471. The van der Waals surface area contributed by atoms with Crippen molar-refractivity contribution in [2.45, 2.75) is 21.6 Å². The fraction of sp³-hybridized carbons (Fsp3) is 0.0435. The molecule has 7 N–H and O–H groups in total. The van der Waals surface area contributed by atoms with Crippen LogP contribution in [0.25, 0.3) is 10.8 Å². The van der Waals surface area contributed by atoms with Gasteiger partial charge in [0.1, 0.15) is 32.6 Å². The first-order valence-electron chi connectivity index (χ1n) is 11.1. The molecule has 0 bridgehead atoms. The van der Waals surface area contributed by atoms with Crippen molar-refractivity contribution in [3.63, 3.8) is 0 Å². The molecule has 0 spiro atoms. The highest BCUT2D eigenvalue weighted by molar-refractivity contribution is 7.86. The zero-order chi connectivity index (χ0) is 31.2. The number of fused-ring (bicyclic) bond motifs is 1. The first-order chi connectivity index (χ1) is 19.4. The lowest BCUT2D eigenvalue weighted by Crippen LogP contribution is -2.02. The Labute approximate surface area is 237 Å². The van der Waals surface area contributed by atoms with E-state index in [1.54, 1.807) is 0 Å². The van der Waals surface area contributed by atoms with Gasteiger partial charge in [0, 0.05) is 17.1 Å². The second kappa shape index (κ2) is 10.7. The van der Waals surface area contributed by atoms with Gasteiger partial charge in [-0.15, -0.1) is 15.3 Å². The molecule has 42 heavy (non-hydrogen) atoms. The third kappa shape index (κ3) is 6.35. The highest BCUT2D eigenvalue weighted by Crippen LogP contribution is 2.43. The monoisotopic (exact) mass is 637 g/mol. The molecule has 0 saturated heterocycles. The summed E-state index contributed by atoms with van der Waals surface area (Å²) in [5, 5.41) is 36.4. The van der Waals surface area contributed by atoms with E-state index in [-0.39, 0.29) is 33.4 Å². The summed E-state index contributed by atoms with van der Waals surface area (Å²) < 4.78 is 98.6. The number of phenolic OH excluding ortho intramolecular Hbond substituents is 2. The number of nitrogen functional groups attached to an aromatic ring is 1. The van der Waals surface area contributed by atoms with Gasteiger partial charge in [-0.1, -0.05) is 0 Å². The van der Waals surface area contributed by atoms with Crippen molar-refractivity contribution < 1.29 is 49.1 Å². The van der Waals surface area contributed by atoms with Crippen LogP contribution in [0.3, 0.4) is 0 Å². The zero-order valence-electron chi connectivity index (χ0n) is 21.0. The summed E-state index contributed by atoms with van der Waals surface area (Å²) >= 11 is 0. The lowest BCUT2D eigenvalue weighted by atomic mass is 10.1. The summed E-state index contributed by atoms with van der Waals surface area (Å²) in [6.07, 6.45) is 0. The van der Waals surface area contributed by atoms with Crippen LogP contribution in [0, 0.1) is 6.92 Å². The minimum atomic E-state index is -4.91. The summed E-state index contributed by atoms with van der Waals surface area (Å²) in [6, 6.07) is 9.51. The predicted molar refractivity (Wildman–Crippen MR) is 147 cm³/mol. The minimum Gasteiger partial charge on any atom is -0.506 e. The molecule has 4 aromatic rings. The summed E-state index contributed by atoms with van der Waals surface area (Å²) in [7, 11) is -14.6. The van der Waals surface area contributed by atoms with Gasteiger partial charge in [-0.3, -0.25) is 13.7 Å². The Hall–Kier alpha value is -4.53. The Morgan fingerprint density at radius 1 is 0.643 bits per heavy atom. The number of aromatic hydroxyl groups is 2. The van der Waals surface area contributed by atoms with E-state index in [1.165, 1.54) is 31.2 Å². The van der Waals surface area contributed by atoms with Crippen LogP contribution in [0.5, 0.6) is 11.5 Å². The van der Waals surface area contributed by atoms with Gasteiger partial charge < -0.3 is 15.9 Å². The molecule has 19 heteroatoms. The first-order valence-corrected chi connectivity index (χ1v) is 15.5. The number of nitrogens with zero attached hydrogens (tertiary/aromatic N) is 4. The van der Waals surface area contributed by atoms with Crippen LogP contribution in [-0.4, -0.2) is 49.1 Å². The average Bonchev–Trinajstić information content (AvgIpc) is 2.86. The largest absolute Gasteiger partial charge is 0.506 e. The standard InChI is InChI=1S/C23H19N5O11S3/c1-11-6-17(26-28-22-21(42(37,38)39)8-12-7-13(24)2-4-15(12)23(22)30)19(29)10-16(11)25-27-18-9-14(40(31,32)33)3-5-20(18)41(34,35)36/h2-10,29-30H,24H2,1H3,(H,31,32,33)(H,34,35,36)(H,37,38,39). The molecule has 0 aliphatic rings. The molecule has 0 radical (unpaired) electrons. The van der Waals surface area contributed by atoms with Crippen LogP contribution in [0.4, 0.5) is 28.4 Å². The fourth-order valence-corrected chi connectivity index (χ4v) is 5.45. The van der Waals surface area contributed by atoms with Gasteiger partial charge in [-0.25, -0.2) is 0 Å². The number of phenols is 2. The lowest BCUT2D eigenvalue weighted by Gasteiger charge is -2.09. The van der Waals surface area contributed by atoms with Crippen molar-refractivity contribution in [2.24, 2.45) is 20.5 Å². The second-order valence-electron chi connectivity index (χ2n) is 8.63. The number of nitrogens with two attached hydrogens (primary N) is 1. The van der Waals surface area contributed by atoms with E-state index in [9.17, 15) is 49.1 Å². The molecule has 16 nitrogen and oxygen atoms in total. The van der Waals surface area contributed by atoms with E-state index >= 15 is 0 Å². The summed E-state index contributed by atoms with van der Waals surface area (Å²) in [4.78, 5) is -2.34. The van der Waals surface area contributed by atoms with Crippen molar-refractivity contribution in [1.82, 2.24) is 0 Å². The van der Waals surface area contributed by atoms with Crippen LogP contribution < -0.4 is 5.73 Å². The SMILES string of the molecule is Cc1cc(N=Nc2c(S(=O)(=O)O)cc3cc(N)ccc3c2O)c(O)cc1N=Nc1cc(S(=O)(=O)O)ccc1S(=O)(=O)O. The fourth-order valence-electron chi connectivity index (χ4n) is 3.69. The molecule has 0 aliphatic heterocycles. The molecule has 0 unspecified atom stereocenters. The van der Waals surface area contributed by atoms with Crippen molar-refractivity contribution in [2.75, 3.05) is 5.73 Å². The summed E-state index contributed by atoms with van der Waals surface area (Å²) in [5.74, 6) is -1.24. The summed E-state index contributed by atoms with van der Waals surface area (Å²) in [6.45, 7) is 1.45. The topological polar surface area (TPSA) is 279 Å². The molecular weight excluding hydrogens is 618 g/mol. The van der Waals surface area contributed by atoms with Crippen LogP contribution in [-0.2, 0) is 30.4 Å². The van der Waals surface area contributed by atoms with E-state index in [4.69, 9.17) is 5.73 Å². The van der Waals surface area contributed by atoms with Gasteiger partial charge in [-0.05, 0) is 66.4 Å². The van der Waals surface area contributed by atoms with Gasteiger partial charge in [0.15, 0.2) is 5.75 Å². The smallest absolute Gasteiger partial charge is 0.296 e. The molecule has 0 heterocycles. The quantitative estimate of drug-likeness (QED) is 0.0912. The molecule has 0 saturated carbocycles. The normalized spacial score (nSPS) is 13.0. The van der Waals surface area contributed by atoms with Crippen LogP contribution in [0.1, 0.15) is 5.56 Å². The highest BCUT2D eigenvalue weighted by Gasteiger charge is 2.23. The number of rotatable bonds is 7. The van der Waals surface area contributed by atoms with Gasteiger partial charge in [0.25, 0.3) is 30.4 Å². The molecular formula is C23H19N5O11S3. The minimum absolute atomic E-state index is 0.0882. The van der Waals surface area contributed by atoms with E-state index in [1.807, 2.05) is 0 Å². The Balaban J connectivity index is 1.77. The third-order valence-corrected chi connectivity index (χ3v) is 8.29.